The van der Waals surface area contributed by atoms with E-state index >= 15 is 0 Å². The summed E-state index contributed by atoms with van der Waals surface area (Å²) in [5, 5.41) is 14.5. The van der Waals surface area contributed by atoms with Gasteiger partial charge in [0.15, 0.2) is 0 Å². The molecule has 110 valence electrons. The molecule has 21 heavy (non-hydrogen) atoms. The monoisotopic (exact) mass is 308 g/mol. The minimum Gasteiger partial charge on any atom is -0.306 e. The lowest BCUT2D eigenvalue weighted by atomic mass is 10.1. The standard InChI is InChI=1S/C15H14ClFN2O2/c1-10(14-4-2-3-5-15(14)16)18-9-11-6-12(17)8-13(7-11)19(20)21/h2-8,10,18H,9H2,1H3/t10-/m1/s1. The van der Waals surface area contributed by atoms with Gasteiger partial charge in [-0.15, -0.1) is 0 Å². The number of nitro groups is 1. The first kappa shape index (κ1) is 15.4. The summed E-state index contributed by atoms with van der Waals surface area (Å²) in [5.41, 5.74) is 1.18. The maximum absolute atomic E-state index is 13.3. The number of benzene rings is 2. The van der Waals surface area contributed by atoms with Gasteiger partial charge in [-0.25, -0.2) is 4.39 Å². The third-order valence-electron chi connectivity index (χ3n) is 3.14. The van der Waals surface area contributed by atoms with Gasteiger partial charge in [0.25, 0.3) is 5.69 Å². The largest absolute Gasteiger partial charge is 0.306 e. The van der Waals surface area contributed by atoms with E-state index in [9.17, 15) is 14.5 Å². The molecule has 0 aliphatic carbocycles. The first-order chi connectivity index (χ1) is 9.97. The molecule has 0 heterocycles. The molecular formula is C15H14ClFN2O2. The molecule has 1 atom stereocenters. The van der Waals surface area contributed by atoms with E-state index in [0.717, 1.165) is 11.6 Å². The van der Waals surface area contributed by atoms with Gasteiger partial charge in [-0.3, -0.25) is 10.1 Å². The Morgan fingerprint density at radius 3 is 2.71 bits per heavy atom. The highest BCUT2D eigenvalue weighted by Gasteiger charge is 2.12. The van der Waals surface area contributed by atoms with Crippen LogP contribution in [0.25, 0.3) is 0 Å². The second kappa shape index (κ2) is 6.65. The molecule has 2 aromatic carbocycles. The third-order valence-corrected chi connectivity index (χ3v) is 3.48. The Hall–Kier alpha value is -1.98. The van der Waals surface area contributed by atoms with Crippen LogP contribution in [0.4, 0.5) is 10.1 Å². The number of non-ortho nitro benzene ring substituents is 1. The van der Waals surface area contributed by atoms with E-state index in [-0.39, 0.29) is 11.7 Å². The lowest BCUT2D eigenvalue weighted by Crippen LogP contribution is -2.18. The van der Waals surface area contributed by atoms with Crippen LogP contribution in [0.5, 0.6) is 0 Å². The summed E-state index contributed by atoms with van der Waals surface area (Å²) < 4.78 is 13.3. The minimum absolute atomic E-state index is 0.0546. The second-order valence-electron chi connectivity index (χ2n) is 4.70. The van der Waals surface area contributed by atoms with Gasteiger partial charge in [0.1, 0.15) is 5.82 Å². The van der Waals surface area contributed by atoms with Crippen molar-refractivity contribution in [2.45, 2.75) is 19.5 Å². The molecule has 0 aromatic heterocycles. The molecule has 0 fully saturated rings. The Bertz CT molecular complexity index is 664. The molecule has 0 bridgehead atoms. The maximum atomic E-state index is 13.3. The van der Waals surface area contributed by atoms with Crippen LogP contribution in [0.15, 0.2) is 42.5 Å². The zero-order chi connectivity index (χ0) is 15.4. The number of halogens is 2. The molecule has 0 spiro atoms. The Labute approximate surface area is 126 Å². The summed E-state index contributed by atoms with van der Waals surface area (Å²) in [6.07, 6.45) is 0. The van der Waals surface area contributed by atoms with E-state index in [1.807, 2.05) is 25.1 Å². The number of hydrogen-bond donors (Lipinski definition) is 1. The number of hydrogen-bond acceptors (Lipinski definition) is 3. The fourth-order valence-corrected chi connectivity index (χ4v) is 2.35. The van der Waals surface area contributed by atoms with Gasteiger partial charge in [-0.05, 0) is 30.2 Å². The van der Waals surface area contributed by atoms with E-state index in [2.05, 4.69) is 5.32 Å². The molecular weight excluding hydrogens is 295 g/mol. The molecule has 0 amide bonds. The molecule has 4 nitrogen and oxygen atoms in total. The topological polar surface area (TPSA) is 55.2 Å². The Balaban J connectivity index is 2.09. The van der Waals surface area contributed by atoms with Gasteiger partial charge in [-0.1, -0.05) is 29.8 Å². The van der Waals surface area contributed by atoms with E-state index in [1.165, 1.54) is 12.1 Å². The summed E-state index contributed by atoms with van der Waals surface area (Å²) in [5.74, 6) is -0.619. The molecule has 6 heteroatoms. The summed E-state index contributed by atoms with van der Waals surface area (Å²) >= 11 is 6.10. The van der Waals surface area contributed by atoms with Crippen LogP contribution in [0.2, 0.25) is 5.02 Å². The van der Waals surface area contributed by atoms with Crippen LogP contribution in [0.1, 0.15) is 24.1 Å². The van der Waals surface area contributed by atoms with Crippen LogP contribution >= 0.6 is 11.6 Å². The van der Waals surface area contributed by atoms with Crippen molar-refractivity contribution in [3.05, 3.63) is 74.5 Å². The van der Waals surface area contributed by atoms with Crippen LogP contribution in [-0.4, -0.2) is 4.92 Å². The Morgan fingerprint density at radius 2 is 2.05 bits per heavy atom. The molecule has 0 radical (unpaired) electrons. The normalized spacial score (nSPS) is 12.1. The van der Waals surface area contributed by atoms with Crippen molar-refractivity contribution in [3.8, 4) is 0 Å². The SMILES string of the molecule is C[C@@H](NCc1cc(F)cc([N+](=O)[O-])c1)c1ccccc1Cl. The van der Waals surface area contributed by atoms with Gasteiger partial charge in [0.2, 0.25) is 0 Å². The van der Waals surface area contributed by atoms with E-state index in [4.69, 9.17) is 11.6 Å². The highest BCUT2D eigenvalue weighted by atomic mass is 35.5. The van der Waals surface area contributed by atoms with Crippen molar-refractivity contribution in [2.24, 2.45) is 0 Å². The zero-order valence-electron chi connectivity index (χ0n) is 11.3. The molecule has 2 aromatic rings. The van der Waals surface area contributed by atoms with Crippen LogP contribution in [0.3, 0.4) is 0 Å². The quantitative estimate of drug-likeness (QED) is 0.664. The van der Waals surface area contributed by atoms with E-state index in [1.54, 1.807) is 6.07 Å². The molecule has 0 saturated carbocycles. The van der Waals surface area contributed by atoms with Crippen LogP contribution in [0, 0.1) is 15.9 Å². The number of rotatable bonds is 5. The second-order valence-corrected chi connectivity index (χ2v) is 5.11. The van der Waals surface area contributed by atoms with Crippen LogP contribution in [-0.2, 0) is 6.54 Å². The van der Waals surface area contributed by atoms with Crippen molar-refractivity contribution < 1.29 is 9.31 Å². The van der Waals surface area contributed by atoms with Gasteiger partial charge in [0, 0.05) is 23.7 Å². The number of nitrogens with one attached hydrogen (secondary N) is 1. The molecule has 0 aliphatic heterocycles. The predicted octanol–water partition coefficient (Wildman–Crippen LogP) is 4.24. The number of nitrogens with zero attached hydrogens (tertiary/aromatic N) is 1. The van der Waals surface area contributed by atoms with Crippen molar-refractivity contribution in [3.63, 3.8) is 0 Å². The number of nitro benzene ring substituents is 1. The highest BCUT2D eigenvalue weighted by molar-refractivity contribution is 6.31. The average molecular weight is 309 g/mol. The fourth-order valence-electron chi connectivity index (χ4n) is 2.05. The fraction of sp³-hybridized carbons (Fsp3) is 0.200. The molecule has 1 N–H and O–H groups in total. The summed E-state index contributed by atoms with van der Waals surface area (Å²) in [6.45, 7) is 2.24. The van der Waals surface area contributed by atoms with E-state index < -0.39 is 10.7 Å². The lowest BCUT2D eigenvalue weighted by molar-refractivity contribution is -0.385. The smallest absolute Gasteiger partial charge is 0.272 e. The van der Waals surface area contributed by atoms with Gasteiger partial charge in [-0.2, -0.15) is 0 Å². The van der Waals surface area contributed by atoms with Crippen molar-refractivity contribution in [2.75, 3.05) is 0 Å². The lowest BCUT2D eigenvalue weighted by Gasteiger charge is -2.15. The Morgan fingerprint density at radius 1 is 1.33 bits per heavy atom. The van der Waals surface area contributed by atoms with E-state index in [0.29, 0.717) is 17.1 Å². The molecule has 0 saturated heterocycles. The molecule has 0 unspecified atom stereocenters. The van der Waals surface area contributed by atoms with Crippen molar-refractivity contribution in [1.29, 1.82) is 0 Å². The summed E-state index contributed by atoms with van der Waals surface area (Å²) in [6, 6.07) is 10.9. The molecule has 2 rings (SSSR count). The Kier molecular flexibility index (Phi) is 4.88. The van der Waals surface area contributed by atoms with Crippen molar-refractivity contribution >= 4 is 17.3 Å². The first-order valence-corrected chi connectivity index (χ1v) is 6.77. The van der Waals surface area contributed by atoms with Crippen molar-refractivity contribution in [1.82, 2.24) is 5.32 Å². The van der Waals surface area contributed by atoms with Gasteiger partial charge < -0.3 is 5.32 Å². The summed E-state index contributed by atoms with van der Waals surface area (Å²) in [4.78, 5) is 10.1. The predicted molar refractivity (Wildman–Crippen MR) is 79.8 cm³/mol. The maximum Gasteiger partial charge on any atom is 0.272 e. The third kappa shape index (κ3) is 4.00. The average Bonchev–Trinajstić information content (AvgIpc) is 2.44. The minimum atomic E-state index is -0.619. The summed E-state index contributed by atoms with van der Waals surface area (Å²) in [7, 11) is 0. The first-order valence-electron chi connectivity index (χ1n) is 6.39. The van der Waals surface area contributed by atoms with Gasteiger partial charge in [0.05, 0.1) is 11.0 Å². The van der Waals surface area contributed by atoms with Crippen LogP contribution < -0.4 is 5.32 Å². The highest BCUT2D eigenvalue weighted by Crippen LogP contribution is 2.23. The molecule has 0 aliphatic rings. The van der Waals surface area contributed by atoms with Gasteiger partial charge >= 0.3 is 0 Å². The zero-order valence-corrected chi connectivity index (χ0v) is 12.1.